The second kappa shape index (κ2) is 4.46. The van der Waals surface area contributed by atoms with Crippen LogP contribution in [-0.2, 0) is 4.74 Å². The molecule has 16 heavy (non-hydrogen) atoms. The molecule has 3 unspecified atom stereocenters. The molecule has 1 aromatic carbocycles. The van der Waals surface area contributed by atoms with Gasteiger partial charge in [-0.1, -0.05) is 24.6 Å². The first-order chi connectivity index (χ1) is 7.61. The Morgan fingerprint density at radius 2 is 2.12 bits per heavy atom. The minimum absolute atomic E-state index is 0.443. The van der Waals surface area contributed by atoms with Crippen molar-refractivity contribution >= 4 is 0 Å². The molecule has 0 aliphatic carbocycles. The molecule has 1 heterocycles. The van der Waals surface area contributed by atoms with Gasteiger partial charge in [0.25, 0.3) is 0 Å². The van der Waals surface area contributed by atoms with Crippen molar-refractivity contribution in [3.05, 3.63) is 29.3 Å². The van der Waals surface area contributed by atoms with Crippen LogP contribution in [0.3, 0.4) is 0 Å². The van der Waals surface area contributed by atoms with Crippen molar-refractivity contribution in [1.82, 2.24) is 0 Å². The maximum atomic E-state index is 5.47. The molecule has 0 N–H and O–H groups in total. The zero-order valence-electron chi connectivity index (χ0n) is 10.5. The fourth-order valence-electron chi connectivity index (χ4n) is 2.19. The van der Waals surface area contributed by atoms with E-state index in [4.69, 9.17) is 9.47 Å². The first kappa shape index (κ1) is 11.5. The van der Waals surface area contributed by atoms with Crippen LogP contribution in [0.25, 0.3) is 0 Å². The number of hydrogen-bond acceptors (Lipinski definition) is 2. The third kappa shape index (κ3) is 2.38. The van der Waals surface area contributed by atoms with E-state index in [2.05, 4.69) is 39.0 Å². The summed E-state index contributed by atoms with van der Waals surface area (Å²) in [6.07, 6.45) is 1.97. The maximum Gasteiger partial charge on any atom is 0.122 e. The molecule has 0 radical (unpaired) electrons. The lowest BCUT2D eigenvalue weighted by Gasteiger charge is -2.15. The van der Waals surface area contributed by atoms with Crippen molar-refractivity contribution in [1.29, 1.82) is 0 Å². The molecular formula is C14H20O2. The van der Waals surface area contributed by atoms with Crippen LogP contribution in [0.4, 0.5) is 0 Å². The summed E-state index contributed by atoms with van der Waals surface area (Å²) in [5.74, 6) is 1.48. The first-order valence-corrected chi connectivity index (χ1v) is 5.92. The molecule has 0 bridgehead atoms. The number of hydrogen-bond donors (Lipinski definition) is 0. The van der Waals surface area contributed by atoms with Crippen LogP contribution in [0.1, 0.15) is 37.3 Å². The minimum atomic E-state index is 0.443. The fraction of sp³-hybridized carbons (Fsp3) is 0.571. The van der Waals surface area contributed by atoms with Gasteiger partial charge in [-0.05, 0) is 37.8 Å². The Hall–Kier alpha value is -1.02. The number of aryl methyl sites for hydroxylation is 1. The van der Waals surface area contributed by atoms with Crippen molar-refractivity contribution in [3.8, 4) is 5.75 Å². The number of epoxide rings is 1. The number of benzene rings is 1. The summed E-state index contributed by atoms with van der Waals surface area (Å²) in [7, 11) is 1.73. The van der Waals surface area contributed by atoms with E-state index in [1.165, 1.54) is 11.1 Å². The second-order valence-electron chi connectivity index (χ2n) is 4.76. The highest BCUT2D eigenvalue weighted by molar-refractivity contribution is 5.39. The average Bonchev–Trinajstić information content (AvgIpc) is 2.94. The predicted octanol–water partition coefficient (Wildman–Crippen LogP) is 3.28. The van der Waals surface area contributed by atoms with Crippen LogP contribution in [0.2, 0.25) is 0 Å². The van der Waals surface area contributed by atoms with Crippen molar-refractivity contribution in [2.75, 3.05) is 7.11 Å². The van der Waals surface area contributed by atoms with E-state index in [9.17, 15) is 0 Å². The van der Waals surface area contributed by atoms with Gasteiger partial charge in [0.05, 0.1) is 19.3 Å². The molecule has 1 aliphatic rings. The Balaban J connectivity index is 2.13. The van der Waals surface area contributed by atoms with E-state index >= 15 is 0 Å². The molecule has 2 rings (SSSR count). The normalized spacial score (nSPS) is 25.2. The Morgan fingerprint density at radius 1 is 1.44 bits per heavy atom. The molecule has 2 nitrogen and oxygen atoms in total. The van der Waals surface area contributed by atoms with Crippen LogP contribution in [-0.4, -0.2) is 19.3 Å². The second-order valence-corrected chi connectivity index (χ2v) is 4.76. The molecule has 0 aromatic heterocycles. The fourth-order valence-corrected chi connectivity index (χ4v) is 2.19. The molecule has 1 saturated heterocycles. The molecule has 1 aliphatic heterocycles. The summed E-state index contributed by atoms with van der Waals surface area (Å²) < 4.78 is 10.9. The lowest BCUT2D eigenvalue weighted by molar-refractivity contribution is 0.358. The molecule has 2 heteroatoms. The highest BCUT2D eigenvalue weighted by Crippen LogP contribution is 2.36. The summed E-state index contributed by atoms with van der Waals surface area (Å²) in [6, 6.07) is 6.36. The average molecular weight is 220 g/mol. The summed E-state index contributed by atoms with van der Waals surface area (Å²) in [5.41, 5.74) is 2.58. The van der Waals surface area contributed by atoms with Crippen LogP contribution in [0, 0.1) is 6.92 Å². The molecule has 0 spiro atoms. The van der Waals surface area contributed by atoms with Crippen molar-refractivity contribution in [3.63, 3.8) is 0 Å². The van der Waals surface area contributed by atoms with Gasteiger partial charge in [0, 0.05) is 0 Å². The predicted molar refractivity (Wildman–Crippen MR) is 65.1 cm³/mol. The third-order valence-electron chi connectivity index (χ3n) is 3.34. The largest absolute Gasteiger partial charge is 0.496 e. The summed E-state index contributed by atoms with van der Waals surface area (Å²) in [4.78, 5) is 0. The molecule has 0 saturated carbocycles. The molecule has 88 valence electrons. The van der Waals surface area contributed by atoms with Crippen LogP contribution in [0.5, 0.6) is 5.75 Å². The SMILES string of the molecule is COc1ccc(C)cc1C(C)CC1OC1C. The molecular weight excluding hydrogens is 200 g/mol. The van der Waals surface area contributed by atoms with Gasteiger partial charge in [-0.3, -0.25) is 0 Å². The summed E-state index contributed by atoms with van der Waals surface area (Å²) in [6.45, 7) is 6.49. The van der Waals surface area contributed by atoms with E-state index < -0.39 is 0 Å². The smallest absolute Gasteiger partial charge is 0.122 e. The van der Waals surface area contributed by atoms with E-state index in [-0.39, 0.29) is 0 Å². The molecule has 1 aromatic rings. The van der Waals surface area contributed by atoms with Gasteiger partial charge in [0.15, 0.2) is 0 Å². The summed E-state index contributed by atoms with van der Waals surface area (Å²) >= 11 is 0. The van der Waals surface area contributed by atoms with Gasteiger partial charge in [-0.2, -0.15) is 0 Å². The molecule has 1 fully saturated rings. The molecule has 3 atom stereocenters. The number of ether oxygens (including phenoxy) is 2. The molecule has 0 amide bonds. The first-order valence-electron chi connectivity index (χ1n) is 5.92. The number of methoxy groups -OCH3 is 1. The van der Waals surface area contributed by atoms with Gasteiger partial charge in [-0.25, -0.2) is 0 Å². The zero-order valence-corrected chi connectivity index (χ0v) is 10.5. The zero-order chi connectivity index (χ0) is 11.7. The van der Waals surface area contributed by atoms with E-state index in [0.717, 1.165) is 12.2 Å². The Morgan fingerprint density at radius 3 is 2.69 bits per heavy atom. The van der Waals surface area contributed by atoms with Crippen LogP contribution < -0.4 is 4.74 Å². The minimum Gasteiger partial charge on any atom is -0.496 e. The topological polar surface area (TPSA) is 21.8 Å². The van der Waals surface area contributed by atoms with E-state index in [0.29, 0.717) is 18.1 Å². The quantitative estimate of drug-likeness (QED) is 0.726. The van der Waals surface area contributed by atoms with Gasteiger partial charge in [0.2, 0.25) is 0 Å². The van der Waals surface area contributed by atoms with Gasteiger partial charge < -0.3 is 9.47 Å². The number of rotatable bonds is 4. The third-order valence-corrected chi connectivity index (χ3v) is 3.34. The van der Waals surface area contributed by atoms with Gasteiger partial charge in [0.1, 0.15) is 5.75 Å². The lowest BCUT2D eigenvalue weighted by Crippen LogP contribution is -2.02. The van der Waals surface area contributed by atoms with Crippen molar-refractivity contribution < 1.29 is 9.47 Å². The Labute approximate surface area is 97.6 Å². The van der Waals surface area contributed by atoms with E-state index in [1.807, 2.05) is 0 Å². The standard InChI is InChI=1S/C14H20O2/c1-9-5-6-13(15-4)12(7-9)10(2)8-14-11(3)16-14/h5-7,10-11,14H,8H2,1-4H3. The van der Waals surface area contributed by atoms with Crippen LogP contribution >= 0.6 is 0 Å². The monoisotopic (exact) mass is 220 g/mol. The lowest BCUT2D eigenvalue weighted by atomic mass is 9.93. The van der Waals surface area contributed by atoms with Crippen molar-refractivity contribution in [2.24, 2.45) is 0 Å². The van der Waals surface area contributed by atoms with Gasteiger partial charge in [-0.15, -0.1) is 0 Å². The van der Waals surface area contributed by atoms with E-state index in [1.54, 1.807) is 7.11 Å². The summed E-state index contributed by atoms with van der Waals surface area (Å²) in [5, 5.41) is 0. The van der Waals surface area contributed by atoms with Crippen LogP contribution in [0.15, 0.2) is 18.2 Å². The maximum absolute atomic E-state index is 5.47. The van der Waals surface area contributed by atoms with Gasteiger partial charge >= 0.3 is 0 Å². The highest BCUT2D eigenvalue weighted by atomic mass is 16.6. The highest BCUT2D eigenvalue weighted by Gasteiger charge is 2.35. The van der Waals surface area contributed by atoms with Crippen molar-refractivity contribution in [2.45, 2.75) is 45.3 Å². The Kier molecular flexibility index (Phi) is 3.20. The Bertz CT molecular complexity index is 373.